The highest BCUT2D eigenvalue weighted by molar-refractivity contribution is 5.98. The number of amides is 1. The quantitative estimate of drug-likeness (QED) is 0.794. The summed E-state index contributed by atoms with van der Waals surface area (Å²) in [6.45, 7) is 0. The number of H-pyrrole nitrogens is 1. The van der Waals surface area contributed by atoms with Crippen LogP contribution in [0.2, 0.25) is 0 Å². The maximum atomic E-state index is 11.5. The van der Waals surface area contributed by atoms with Gasteiger partial charge in [0.05, 0.1) is 13.4 Å². The zero-order chi connectivity index (χ0) is 12.3. The van der Waals surface area contributed by atoms with Gasteiger partial charge in [0.15, 0.2) is 0 Å². The van der Waals surface area contributed by atoms with Crippen LogP contribution in [-0.4, -0.2) is 25.0 Å². The smallest absolute Gasteiger partial charge is 0.251 e. The molecule has 4 heteroatoms. The Labute approximate surface area is 99.3 Å². The van der Waals surface area contributed by atoms with Crippen LogP contribution in [0.5, 0.6) is 0 Å². The molecule has 17 heavy (non-hydrogen) atoms. The fraction of sp³-hybridized carbons (Fsp3) is 0.154. The van der Waals surface area contributed by atoms with E-state index in [1.54, 1.807) is 26.5 Å². The molecule has 2 aromatic rings. The number of hydrogen-bond acceptors (Lipinski definition) is 2. The molecule has 0 fully saturated rings. The second-order valence-electron chi connectivity index (χ2n) is 3.64. The van der Waals surface area contributed by atoms with Crippen LogP contribution in [0, 0.1) is 0 Å². The van der Waals surface area contributed by atoms with Gasteiger partial charge in [-0.25, -0.2) is 0 Å². The number of hydrogen-bond donors (Lipinski definition) is 2. The summed E-state index contributed by atoms with van der Waals surface area (Å²) in [6.07, 6.45) is 3.43. The lowest BCUT2D eigenvalue weighted by Crippen LogP contribution is -2.17. The van der Waals surface area contributed by atoms with E-state index >= 15 is 0 Å². The summed E-state index contributed by atoms with van der Waals surface area (Å²) in [6, 6.07) is 7.55. The zero-order valence-corrected chi connectivity index (χ0v) is 9.78. The van der Waals surface area contributed by atoms with Crippen LogP contribution in [0.4, 0.5) is 0 Å². The minimum atomic E-state index is -0.0875. The summed E-state index contributed by atoms with van der Waals surface area (Å²) < 4.78 is 4.86. The van der Waals surface area contributed by atoms with Crippen LogP contribution >= 0.6 is 0 Å². The molecule has 0 aliphatic carbocycles. The molecular formula is C13H14N2O2. The molecule has 0 bridgehead atoms. The molecule has 4 nitrogen and oxygen atoms in total. The van der Waals surface area contributed by atoms with Crippen molar-refractivity contribution >= 4 is 22.9 Å². The van der Waals surface area contributed by atoms with E-state index in [-0.39, 0.29) is 5.91 Å². The molecule has 0 saturated heterocycles. The third-order valence-electron chi connectivity index (χ3n) is 2.52. The molecule has 1 heterocycles. The first-order valence-corrected chi connectivity index (χ1v) is 5.29. The fourth-order valence-corrected chi connectivity index (χ4v) is 1.67. The molecule has 0 spiro atoms. The molecule has 0 saturated carbocycles. The Balaban J connectivity index is 2.40. The van der Waals surface area contributed by atoms with Crippen molar-refractivity contribution in [3.8, 4) is 0 Å². The third-order valence-corrected chi connectivity index (χ3v) is 2.52. The predicted octanol–water partition coefficient (Wildman–Crippen LogP) is 2.14. The fourth-order valence-electron chi connectivity index (χ4n) is 1.67. The van der Waals surface area contributed by atoms with Crippen LogP contribution in [-0.2, 0) is 4.74 Å². The van der Waals surface area contributed by atoms with Gasteiger partial charge in [0, 0.05) is 29.2 Å². The van der Waals surface area contributed by atoms with Gasteiger partial charge in [0.25, 0.3) is 5.91 Å². The van der Waals surface area contributed by atoms with Crippen molar-refractivity contribution in [2.24, 2.45) is 0 Å². The molecule has 2 N–H and O–H groups in total. The summed E-state index contributed by atoms with van der Waals surface area (Å²) in [5.41, 5.74) is 2.52. The lowest BCUT2D eigenvalue weighted by atomic mass is 10.1. The van der Waals surface area contributed by atoms with E-state index in [0.717, 1.165) is 16.6 Å². The van der Waals surface area contributed by atoms with E-state index in [2.05, 4.69) is 10.3 Å². The lowest BCUT2D eigenvalue weighted by molar-refractivity contribution is 0.0963. The van der Waals surface area contributed by atoms with Gasteiger partial charge in [-0.2, -0.15) is 0 Å². The standard InChI is InChI=1S/C13H14N2O2/c1-14-13(16)10-4-3-9-7-11(5-6-17-2)15-12(9)8-10/h3-8,15H,1-2H3,(H,14,16)/b6-5+. The van der Waals surface area contributed by atoms with E-state index in [4.69, 9.17) is 4.74 Å². The normalized spacial score (nSPS) is 10.9. The third kappa shape index (κ3) is 2.30. The Morgan fingerprint density at radius 1 is 1.41 bits per heavy atom. The first kappa shape index (κ1) is 11.3. The van der Waals surface area contributed by atoms with Crippen LogP contribution < -0.4 is 5.32 Å². The van der Waals surface area contributed by atoms with Crippen molar-refractivity contribution in [2.75, 3.05) is 14.2 Å². The van der Waals surface area contributed by atoms with E-state index in [9.17, 15) is 4.79 Å². The molecule has 0 unspecified atom stereocenters. The zero-order valence-electron chi connectivity index (χ0n) is 9.78. The van der Waals surface area contributed by atoms with Crippen LogP contribution in [0.15, 0.2) is 30.5 Å². The average molecular weight is 230 g/mol. The molecule has 1 aromatic heterocycles. The van der Waals surface area contributed by atoms with Crippen LogP contribution in [0.25, 0.3) is 17.0 Å². The molecule has 0 aliphatic rings. The van der Waals surface area contributed by atoms with Gasteiger partial charge in [0.2, 0.25) is 0 Å². The highest BCUT2D eigenvalue weighted by Gasteiger charge is 2.05. The summed E-state index contributed by atoms with van der Waals surface area (Å²) in [4.78, 5) is 14.7. The van der Waals surface area contributed by atoms with Crippen LogP contribution in [0.3, 0.4) is 0 Å². The monoisotopic (exact) mass is 230 g/mol. The SMILES string of the molecule is CNC(=O)c1ccc2cc(/C=C/OC)[nH]c2c1. The summed E-state index contributed by atoms with van der Waals surface area (Å²) in [5.74, 6) is -0.0875. The van der Waals surface area contributed by atoms with E-state index in [1.807, 2.05) is 24.3 Å². The van der Waals surface area contributed by atoms with Crippen molar-refractivity contribution in [3.63, 3.8) is 0 Å². The second kappa shape index (κ2) is 4.74. The van der Waals surface area contributed by atoms with Gasteiger partial charge in [-0.1, -0.05) is 6.07 Å². The number of methoxy groups -OCH3 is 1. The number of ether oxygens (including phenoxy) is 1. The van der Waals surface area contributed by atoms with E-state index in [1.165, 1.54) is 0 Å². The van der Waals surface area contributed by atoms with Crippen molar-refractivity contribution < 1.29 is 9.53 Å². The molecule has 1 aromatic carbocycles. The van der Waals surface area contributed by atoms with Gasteiger partial charge in [-0.05, 0) is 24.3 Å². The van der Waals surface area contributed by atoms with Gasteiger partial charge in [0.1, 0.15) is 0 Å². The maximum absolute atomic E-state index is 11.5. The molecule has 1 amide bonds. The van der Waals surface area contributed by atoms with Gasteiger partial charge in [-0.15, -0.1) is 0 Å². The Morgan fingerprint density at radius 2 is 2.24 bits per heavy atom. The number of carbonyl (C=O) groups is 1. The molecule has 0 aliphatic heterocycles. The van der Waals surface area contributed by atoms with Crippen molar-refractivity contribution in [2.45, 2.75) is 0 Å². The van der Waals surface area contributed by atoms with E-state index in [0.29, 0.717) is 5.56 Å². The summed E-state index contributed by atoms with van der Waals surface area (Å²) in [7, 11) is 3.22. The van der Waals surface area contributed by atoms with Crippen molar-refractivity contribution in [1.82, 2.24) is 10.3 Å². The lowest BCUT2D eigenvalue weighted by Gasteiger charge is -1.98. The van der Waals surface area contributed by atoms with Crippen molar-refractivity contribution in [3.05, 3.63) is 41.8 Å². The molecule has 0 atom stereocenters. The molecule has 88 valence electrons. The minimum Gasteiger partial charge on any atom is -0.504 e. The largest absolute Gasteiger partial charge is 0.504 e. The molecule has 2 rings (SSSR count). The maximum Gasteiger partial charge on any atom is 0.251 e. The number of rotatable bonds is 3. The van der Waals surface area contributed by atoms with Gasteiger partial charge < -0.3 is 15.0 Å². The summed E-state index contributed by atoms with van der Waals surface area (Å²) in [5, 5.41) is 3.66. The van der Waals surface area contributed by atoms with Crippen LogP contribution in [0.1, 0.15) is 16.1 Å². The number of benzene rings is 1. The number of nitrogens with one attached hydrogen (secondary N) is 2. The number of fused-ring (bicyclic) bond motifs is 1. The number of carbonyl (C=O) groups excluding carboxylic acids is 1. The van der Waals surface area contributed by atoms with Gasteiger partial charge in [-0.3, -0.25) is 4.79 Å². The highest BCUT2D eigenvalue weighted by Crippen LogP contribution is 2.18. The number of aromatic amines is 1. The predicted molar refractivity (Wildman–Crippen MR) is 67.7 cm³/mol. The minimum absolute atomic E-state index is 0.0875. The first-order chi connectivity index (χ1) is 8.24. The summed E-state index contributed by atoms with van der Waals surface area (Å²) >= 11 is 0. The van der Waals surface area contributed by atoms with E-state index < -0.39 is 0 Å². The first-order valence-electron chi connectivity index (χ1n) is 5.29. The Hall–Kier alpha value is -2.23. The average Bonchev–Trinajstić information content (AvgIpc) is 2.76. The Kier molecular flexibility index (Phi) is 3.14. The Morgan fingerprint density at radius 3 is 2.94 bits per heavy atom. The Bertz CT molecular complexity index is 570. The topological polar surface area (TPSA) is 54.1 Å². The molecule has 0 radical (unpaired) electrons. The van der Waals surface area contributed by atoms with Gasteiger partial charge >= 0.3 is 0 Å². The number of aromatic nitrogens is 1. The molecular weight excluding hydrogens is 216 g/mol. The van der Waals surface area contributed by atoms with Crippen molar-refractivity contribution in [1.29, 1.82) is 0 Å². The second-order valence-corrected chi connectivity index (χ2v) is 3.64. The highest BCUT2D eigenvalue weighted by atomic mass is 16.5.